The second-order valence-corrected chi connectivity index (χ2v) is 15.0. The molecule has 3 nitrogen and oxygen atoms in total. The van der Waals surface area contributed by atoms with Gasteiger partial charge in [0.05, 0.1) is 0 Å². The summed E-state index contributed by atoms with van der Waals surface area (Å²) >= 11 is 3.71. The van der Waals surface area contributed by atoms with Gasteiger partial charge in [0.2, 0.25) is 0 Å². The van der Waals surface area contributed by atoms with Gasteiger partial charge >= 0.3 is 0 Å². The molecular weight excluding hydrogens is 647 g/mol. The number of thiophene rings is 2. The van der Waals surface area contributed by atoms with Crippen LogP contribution in [0, 0.1) is 0 Å². The van der Waals surface area contributed by atoms with Crippen molar-refractivity contribution in [3.8, 4) is 22.3 Å². The first-order valence-corrected chi connectivity index (χ1v) is 18.6. The average Bonchev–Trinajstić information content (AvgIpc) is 3.76. The van der Waals surface area contributed by atoms with Gasteiger partial charge in [-0.2, -0.15) is 0 Å². The van der Waals surface area contributed by atoms with Crippen molar-refractivity contribution in [3.05, 3.63) is 180 Å². The summed E-state index contributed by atoms with van der Waals surface area (Å²) < 4.78 is 5.17. The van der Waals surface area contributed by atoms with Gasteiger partial charge in [-0.05, 0) is 52.1 Å². The van der Waals surface area contributed by atoms with Gasteiger partial charge in [-0.25, -0.2) is 4.99 Å². The Balaban J connectivity index is 1.07. The number of nitrogens with zero attached hydrogens (tertiary/aromatic N) is 1. The third kappa shape index (κ3) is 5.10. The smallest absolute Gasteiger partial charge is 0.131 e. The summed E-state index contributed by atoms with van der Waals surface area (Å²) in [6, 6.07) is 59.0. The molecule has 7 aromatic carbocycles. The van der Waals surface area contributed by atoms with Crippen LogP contribution in [0.4, 0.5) is 0 Å². The predicted molar refractivity (Wildman–Crippen MR) is 214 cm³/mol. The van der Waals surface area contributed by atoms with Crippen LogP contribution in [0.25, 0.3) is 62.6 Å². The van der Waals surface area contributed by atoms with E-state index in [4.69, 9.17) is 4.99 Å². The molecule has 0 radical (unpaired) electrons. The minimum Gasteiger partial charge on any atom is -0.350 e. The van der Waals surface area contributed by atoms with E-state index in [1.165, 1.54) is 68.2 Å². The van der Waals surface area contributed by atoms with Crippen LogP contribution in [-0.2, 0) is 0 Å². The van der Waals surface area contributed by atoms with Gasteiger partial charge in [-0.3, -0.25) is 5.32 Å². The summed E-state index contributed by atoms with van der Waals surface area (Å²) in [7, 11) is 0. The van der Waals surface area contributed by atoms with Crippen LogP contribution in [0.2, 0.25) is 0 Å². The molecule has 9 aromatic rings. The molecule has 10 rings (SSSR count). The van der Waals surface area contributed by atoms with Gasteiger partial charge in [0.15, 0.2) is 0 Å². The number of rotatable bonds is 5. The normalized spacial score (nSPS) is 16.2. The van der Waals surface area contributed by atoms with Crippen molar-refractivity contribution >= 4 is 68.9 Å². The van der Waals surface area contributed by atoms with Gasteiger partial charge in [0.1, 0.15) is 18.2 Å². The van der Waals surface area contributed by atoms with E-state index < -0.39 is 0 Å². The van der Waals surface area contributed by atoms with Crippen molar-refractivity contribution in [1.82, 2.24) is 10.6 Å². The summed E-state index contributed by atoms with van der Waals surface area (Å²) in [5, 5.41) is 12.9. The fourth-order valence-corrected chi connectivity index (χ4v) is 9.64. The maximum Gasteiger partial charge on any atom is 0.131 e. The summed E-state index contributed by atoms with van der Waals surface area (Å²) in [5.41, 5.74) is 8.34. The Morgan fingerprint density at radius 2 is 1.08 bits per heavy atom. The minimum atomic E-state index is -0.232. The molecule has 238 valence electrons. The maximum absolute atomic E-state index is 5.34. The van der Waals surface area contributed by atoms with E-state index in [9.17, 15) is 0 Å². The molecule has 50 heavy (non-hydrogen) atoms. The Morgan fingerprint density at radius 3 is 1.90 bits per heavy atom. The van der Waals surface area contributed by atoms with Crippen LogP contribution in [0.15, 0.2) is 169 Å². The minimum absolute atomic E-state index is 0.135. The van der Waals surface area contributed by atoms with Crippen molar-refractivity contribution < 1.29 is 0 Å². The predicted octanol–water partition coefficient (Wildman–Crippen LogP) is 12.1. The summed E-state index contributed by atoms with van der Waals surface area (Å²) in [4.78, 5) is 5.34. The second kappa shape index (κ2) is 12.1. The highest BCUT2D eigenvalue weighted by molar-refractivity contribution is 7.26. The van der Waals surface area contributed by atoms with Crippen LogP contribution < -0.4 is 10.6 Å². The number of fused-ring (bicyclic) bond motifs is 6. The van der Waals surface area contributed by atoms with E-state index in [0.717, 1.165) is 17.0 Å². The van der Waals surface area contributed by atoms with Gasteiger partial charge in [-0.15, -0.1) is 22.7 Å². The van der Waals surface area contributed by atoms with Crippen molar-refractivity contribution in [1.29, 1.82) is 0 Å². The Bertz CT molecular complexity index is 2710. The molecule has 1 aliphatic heterocycles. The van der Waals surface area contributed by atoms with Crippen LogP contribution in [0.1, 0.15) is 29.0 Å². The lowest BCUT2D eigenvalue weighted by Crippen LogP contribution is -2.45. The molecule has 0 amide bonds. The van der Waals surface area contributed by atoms with Crippen LogP contribution in [0.5, 0.6) is 0 Å². The number of hydrogen-bond acceptors (Lipinski definition) is 5. The lowest BCUT2D eigenvalue weighted by molar-refractivity contribution is 0.411. The Hall–Kier alpha value is -5.59. The van der Waals surface area contributed by atoms with Crippen LogP contribution in [-0.4, -0.2) is 5.84 Å². The van der Waals surface area contributed by atoms with Crippen molar-refractivity contribution in [2.45, 2.75) is 12.3 Å². The van der Waals surface area contributed by atoms with E-state index in [1.54, 1.807) is 0 Å². The molecule has 1 aliphatic rings. The molecule has 0 saturated carbocycles. The zero-order valence-corrected chi connectivity index (χ0v) is 28.6. The highest BCUT2D eigenvalue weighted by Crippen LogP contribution is 2.41. The fraction of sp³-hybridized carbons (Fsp3) is 0.0444. The number of hydrogen-bond donors (Lipinski definition) is 2. The first kappa shape index (κ1) is 29.3. The van der Waals surface area contributed by atoms with Crippen LogP contribution in [0.3, 0.4) is 0 Å². The Morgan fingerprint density at radius 1 is 0.440 bits per heavy atom. The molecule has 2 N–H and O–H groups in total. The fourth-order valence-electron chi connectivity index (χ4n) is 7.26. The van der Waals surface area contributed by atoms with Gasteiger partial charge in [0.25, 0.3) is 0 Å². The number of nitrogens with one attached hydrogen (secondary N) is 2. The summed E-state index contributed by atoms with van der Waals surface area (Å²) in [6.45, 7) is 0. The molecule has 3 heterocycles. The van der Waals surface area contributed by atoms with Gasteiger partial charge in [0, 0.05) is 51.5 Å². The Labute approximate surface area is 298 Å². The van der Waals surface area contributed by atoms with Crippen LogP contribution >= 0.6 is 22.7 Å². The standard InChI is InChI=1S/C45H31N3S2/c1-3-10-28(11-4-1)30-18-20-31(21-19-30)43-46-44(48-45(47-43)37-16-9-15-36-34-14-7-8-17-39(34)50-42(36)37)33-22-24-35-38-26-32(29-12-5-2-6-13-29)23-25-40(38)49-41(35)27-33/h1-27,44-45,48H,(H,46,47). The van der Waals surface area contributed by atoms with Crippen molar-refractivity contribution in [2.75, 3.05) is 0 Å². The second-order valence-electron chi connectivity index (χ2n) is 12.8. The molecule has 2 unspecified atom stereocenters. The quantitative estimate of drug-likeness (QED) is 0.190. The number of benzene rings is 7. The molecule has 0 aliphatic carbocycles. The number of aliphatic imine (C=N–C) groups is 1. The third-order valence-electron chi connectivity index (χ3n) is 9.79. The van der Waals surface area contributed by atoms with E-state index in [1.807, 2.05) is 22.7 Å². The molecular formula is C45H31N3S2. The summed E-state index contributed by atoms with van der Waals surface area (Å²) in [6.07, 6.45) is -0.367. The van der Waals surface area contributed by atoms with Gasteiger partial charge < -0.3 is 5.32 Å². The molecule has 2 atom stereocenters. The zero-order chi connectivity index (χ0) is 33.0. The lowest BCUT2D eigenvalue weighted by Gasteiger charge is -2.32. The third-order valence-corrected chi connectivity index (χ3v) is 12.2. The first-order valence-electron chi connectivity index (χ1n) is 16.9. The lowest BCUT2D eigenvalue weighted by atomic mass is 10.0. The number of amidine groups is 1. The molecule has 5 heteroatoms. The zero-order valence-electron chi connectivity index (χ0n) is 27.0. The monoisotopic (exact) mass is 677 g/mol. The van der Waals surface area contributed by atoms with E-state index in [0.29, 0.717) is 0 Å². The van der Waals surface area contributed by atoms with Gasteiger partial charge in [-0.1, -0.05) is 140 Å². The largest absolute Gasteiger partial charge is 0.350 e. The highest BCUT2D eigenvalue weighted by Gasteiger charge is 2.28. The van der Waals surface area contributed by atoms with Crippen molar-refractivity contribution in [3.63, 3.8) is 0 Å². The molecule has 2 aromatic heterocycles. The summed E-state index contributed by atoms with van der Waals surface area (Å²) in [5.74, 6) is 0.889. The molecule has 0 bridgehead atoms. The van der Waals surface area contributed by atoms with E-state index >= 15 is 0 Å². The molecule has 0 spiro atoms. The topological polar surface area (TPSA) is 36.4 Å². The average molecular weight is 678 g/mol. The van der Waals surface area contributed by atoms with E-state index in [-0.39, 0.29) is 12.3 Å². The van der Waals surface area contributed by atoms with Crippen molar-refractivity contribution in [2.24, 2.45) is 4.99 Å². The maximum atomic E-state index is 5.34. The SMILES string of the molecule is c1ccc(-c2ccc(C3=NC(c4ccc5c(c4)sc4ccc(-c6ccccc6)cc45)NC(c4cccc5c4sc4ccccc45)N3)cc2)cc1. The first-order chi connectivity index (χ1) is 24.7. The highest BCUT2D eigenvalue weighted by atomic mass is 32.1. The van der Waals surface area contributed by atoms with E-state index in [2.05, 4.69) is 174 Å². The Kier molecular flexibility index (Phi) is 7.09. The molecule has 0 fully saturated rings. The molecule has 0 saturated heterocycles.